The second-order valence-electron chi connectivity index (χ2n) is 4.95. The van der Waals surface area contributed by atoms with Crippen molar-refractivity contribution >= 4 is 11.8 Å². The summed E-state index contributed by atoms with van der Waals surface area (Å²) < 4.78 is 5.28. The topological polar surface area (TPSA) is 41.6 Å². The van der Waals surface area contributed by atoms with Crippen LogP contribution in [-0.4, -0.2) is 25.7 Å². The molecule has 0 aliphatic rings. The Labute approximate surface area is 132 Å². The number of hydrogen-bond acceptors (Lipinski definition) is 3. The molecule has 0 atom stereocenters. The highest BCUT2D eigenvalue weighted by Gasteiger charge is 2.13. The third-order valence-electron chi connectivity index (χ3n) is 3.08. The summed E-state index contributed by atoms with van der Waals surface area (Å²) in [6.07, 6.45) is 4.83. The van der Waals surface area contributed by atoms with E-state index in [4.69, 9.17) is 4.74 Å². The van der Waals surface area contributed by atoms with Crippen molar-refractivity contribution in [2.75, 3.05) is 24.5 Å². The smallest absolute Gasteiger partial charge is 0.410 e. The first-order valence-corrected chi connectivity index (χ1v) is 7.18. The highest BCUT2D eigenvalue weighted by atomic mass is 16.6. The lowest BCUT2D eigenvalue weighted by molar-refractivity contribution is 0.201. The first kappa shape index (κ1) is 17.6. The van der Waals surface area contributed by atoms with Gasteiger partial charge in [-0.2, -0.15) is 0 Å². The van der Waals surface area contributed by atoms with E-state index < -0.39 is 6.09 Å². The van der Waals surface area contributed by atoms with E-state index in [1.807, 2.05) is 38.1 Å². The quantitative estimate of drug-likeness (QED) is 0.743. The molecule has 0 saturated heterocycles. The molecule has 1 aromatic carbocycles. The highest BCUT2D eigenvalue weighted by Crippen LogP contribution is 2.29. The Morgan fingerprint density at radius 2 is 1.68 bits per heavy atom. The molecule has 0 aromatic heterocycles. The Morgan fingerprint density at radius 3 is 2.14 bits per heavy atom. The third kappa shape index (κ3) is 4.81. The van der Waals surface area contributed by atoms with E-state index in [0.29, 0.717) is 12.3 Å². The fraction of sp³-hybridized carbons (Fsp3) is 0.278. The zero-order chi connectivity index (χ0) is 16.5. The molecule has 0 bridgehead atoms. The van der Waals surface area contributed by atoms with Crippen LogP contribution in [0.25, 0.3) is 0 Å². The molecular formula is C18H24N2O2. The summed E-state index contributed by atoms with van der Waals surface area (Å²) in [5.41, 5.74) is 3.18. The van der Waals surface area contributed by atoms with Crippen LogP contribution >= 0.6 is 0 Å². The fourth-order valence-corrected chi connectivity index (χ4v) is 2.34. The molecule has 118 valence electrons. The monoisotopic (exact) mass is 300 g/mol. The molecule has 0 radical (unpaired) electrons. The minimum absolute atomic E-state index is 0.376. The minimum atomic E-state index is -0.486. The van der Waals surface area contributed by atoms with Crippen molar-refractivity contribution in [1.82, 2.24) is 5.32 Å². The Kier molecular flexibility index (Phi) is 6.96. The van der Waals surface area contributed by atoms with Crippen molar-refractivity contribution < 1.29 is 9.53 Å². The van der Waals surface area contributed by atoms with Crippen LogP contribution in [-0.2, 0) is 0 Å². The standard InChI is InChI=1S/C18H24N2O2/c1-6-9-19-18(21)22-16-12-14(4)17(15(5)13-16)20(10-7-2)11-8-3/h6-8,12-13H,1-3,9-11H2,4-5H3,(H,19,21). The molecule has 22 heavy (non-hydrogen) atoms. The van der Waals surface area contributed by atoms with Gasteiger partial charge in [0, 0.05) is 25.3 Å². The van der Waals surface area contributed by atoms with Crippen LogP contribution in [0.3, 0.4) is 0 Å². The number of benzene rings is 1. The summed E-state index contributed by atoms with van der Waals surface area (Å²) in [7, 11) is 0. The van der Waals surface area contributed by atoms with E-state index >= 15 is 0 Å². The van der Waals surface area contributed by atoms with Gasteiger partial charge in [-0.25, -0.2) is 4.79 Å². The molecule has 1 rings (SSSR count). The Morgan fingerprint density at radius 1 is 1.14 bits per heavy atom. The maximum absolute atomic E-state index is 11.6. The molecule has 1 aromatic rings. The Hall–Kier alpha value is -2.49. The lowest BCUT2D eigenvalue weighted by atomic mass is 10.1. The molecule has 0 saturated carbocycles. The van der Waals surface area contributed by atoms with Crippen LogP contribution in [0.5, 0.6) is 5.75 Å². The molecule has 0 aliphatic carbocycles. The number of ether oxygens (including phenoxy) is 1. The Balaban J connectivity index is 2.99. The van der Waals surface area contributed by atoms with Crippen molar-refractivity contribution in [1.29, 1.82) is 0 Å². The number of hydrogen-bond donors (Lipinski definition) is 1. The normalized spacial score (nSPS) is 9.73. The zero-order valence-electron chi connectivity index (χ0n) is 13.4. The number of nitrogens with one attached hydrogen (secondary N) is 1. The second kappa shape index (κ2) is 8.72. The maximum atomic E-state index is 11.6. The summed E-state index contributed by atoms with van der Waals surface area (Å²) in [4.78, 5) is 13.8. The van der Waals surface area contributed by atoms with E-state index in [0.717, 1.165) is 29.9 Å². The maximum Gasteiger partial charge on any atom is 0.412 e. The Bertz CT molecular complexity index is 531. The van der Waals surface area contributed by atoms with E-state index in [1.54, 1.807) is 6.08 Å². The van der Waals surface area contributed by atoms with Gasteiger partial charge in [0.1, 0.15) is 5.75 Å². The summed E-state index contributed by atoms with van der Waals surface area (Å²) in [6, 6.07) is 3.71. The van der Waals surface area contributed by atoms with Crippen molar-refractivity contribution in [3.05, 3.63) is 61.2 Å². The van der Waals surface area contributed by atoms with E-state index in [-0.39, 0.29) is 0 Å². The number of amides is 1. The van der Waals surface area contributed by atoms with Crippen LogP contribution in [0.1, 0.15) is 11.1 Å². The van der Waals surface area contributed by atoms with Crippen LogP contribution < -0.4 is 15.0 Å². The molecule has 1 N–H and O–H groups in total. The van der Waals surface area contributed by atoms with Crippen molar-refractivity contribution in [3.63, 3.8) is 0 Å². The molecule has 0 unspecified atom stereocenters. The van der Waals surface area contributed by atoms with Gasteiger partial charge in [-0.05, 0) is 37.1 Å². The van der Waals surface area contributed by atoms with Gasteiger partial charge in [0.2, 0.25) is 0 Å². The van der Waals surface area contributed by atoms with E-state index in [9.17, 15) is 4.79 Å². The first-order chi connectivity index (χ1) is 10.5. The third-order valence-corrected chi connectivity index (χ3v) is 3.08. The van der Waals surface area contributed by atoms with Gasteiger partial charge in [-0.3, -0.25) is 0 Å². The van der Waals surface area contributed by atoms with Gasteiger partial charge in [-0.15, -0.1) is 19.7 Å². The summed E-state index contributed by atoms with van der Waals surface area (Å²) in [5.74, 6) is 0.525. The van der Waals surface area contributed by atoms with E-state index in [2.05, 4.69) is 30.0 Å². The molecule has 0 spiro atoms. The van der Waals surface area contributed by atoms with Crippen LogP contribution in [0.4, 0.5) is 10.5 Å². The molecular weight excluding hydrogens is 276 g/mol. The molecule has 0 aliphatic heterocycles. The molecule has 4 nitrogen and oxygen atoms in total. The van der Waals surface area contributed by atoms with Gasteiger partial charge in [-0.1, -0.05) is 18.2 Å². The first-order valence-electron chi connectivity index (χ1n) is 7.18. The predicted octanol–water partition coefficient (Wildman–Crippen LogP) is 3.76. The van der Waals surface area contributed by atoms with E-state index in [1.165, 1.54) is 0 Å². The van der Waals surface area contributed by atoms with Gasteiger partial charge in [0.05, 0.1) is 0 Å². The van der Waals surface area contributed by atoms with Crippen molar-refractivity contribution in [2.24, 2.45) is 0 Å². The van der Waals surface area contributed by atoms with Crippen LogP contribution in [0.2, 0.25) is 0 Å². The molecule has 1 amide bonds. The van der Waals surface area contributed by atoms with Gasteiger partial charge < -0.3 is 15.0 Å². The number of rotatable bonds is 8. The SMILES string of the molecule is C=CCNC(=O)Oc1cc(C)c(N(CC=C)CC=C)c(C)c1. The number of anilines is 1. The minimum Gasteiger partial charge on any atom is -0.410 e. The van der Waals surface area contributed by atoms with Crippen molar-refractivity contribution in [3.8, 4) is 5.75 Å². The number of carbonyl (C=O) groups excluding carboxylic acids is 1. The van der Waals surface area contributed by atoms with Crippen LogP contribution in [0, 0.1) is 13.8 Å². The average Bonchev–Trinajstić information content (AvgIpc) is 2.44. The van der Waals surface area contributed by atoms with Crippen LogP contribution in [0.15, 0.2) is 50.1 Å². The molecule has 0 heterocycles. The second-order valence-corrected chi connectivity index (χ2v) is 4.95. The van der Waals surface area contributed by atoms with Gasteiger partial charge in [0.25, 0.3) is 0 Å². The lowest BCUT2D eigenvalue weighted by Crippen LogP contribution is -2.27. The average molecular weight is 300 g/mol. The van der Waals surface area contributed by atoms with Gasteiger partial charge >= 0.3 is 6.09 Å². The summed E-state index contributed by atoms with van der Waals surface area (Å²) in [6.45, 7) is 17.0. The molecule has 4 heteroatoms. The largest absolute Gasteiger partial charge is 0.412 e. The van der Waals surface area contributed by atoms with Gasteiger partial charge in [0.15, 0.2) is 0 Å². The number of nitrogens with zero attached hydrogens (tertiary/aromatic N) is 1. The predicted molar refractivity (Wildman–Crippen MR) is 92.7 cm³/mol. The van der Waals surface area contributed by atoms with Crippen molar-refractivity contribution in [2.45, 2.75) is 13.8 Å². The number of aryl methyl sites for hydroxylation is 2. The molecule has 0 fully saturated rings. The summed E-state index contributed by atoms with van der Waals surface area (Å²) >= 11 is 0. The highest BCUT2D eigenvalue weighted by molar-refractivity contribution is 5.72. The zero-order valence-corrected chi connectivity index (χ0v) is 13.4. The fourth-order valence-electron chi connectivity index (χ4n) is 2.34. The number of carbonyl (C=O) groups is 1. The summed E-state index contributed by atoms with van der Waals surface area (Å²) in [5, 5.41) is 2.58. The lowest BCUT2D eigenvalue weighted by Gasteiger charge is -2.26.